The lowest BCUT2D eigenvalue weighted by Crippen LogP contribution is -2.25. The molecular weight excluding hydrogens is 208 g/mol. The summed E-state index contributed by atoms with van der Waals surface area (Å²) in [6.45, 7) is 13.9. The quantitative estimate of drug-likeness (QED) is 0.239. The third-order valence-corrected chi connectivity index (χ3v) is 2.20. The maximum atomic E-state index is 11.2. The van der Waals surface area contributed by atoms with Crippen molar-refractivity contribution in [2.45, 2.75) is 33.5 Å². The van der Waals surface area contributed by atoms with Gasteiger partial charge in [-0.15, -0.1) is 0 Å². The molecule has 0 aromatic rings. The summed E-state index contributed by atoms with van der Waals surface area (Å²) in [5.41, 5.74) is 0.741. The summed E-state index contributed by atoms with van der Waals surface area (Å²) in [4.78, 5) is 11.2. The second kappa shape index (κ2) is 5.75. The van der Waals surface area contributed by atoms with Crippen molar-refractivity contribution in [2.24, 2.45) is 0 Å². The van der Waals surface area contributed by atoms with Gasteiger partial charge in [-0.3, -0.25) is 0 Å². The van der Waals surface area contributed by atoms with Crippen molar-refractivity contribution in [2.75, 3.05) is 6.61 Å². The Labute approximate surface area is 92.9 Å². The molecule has 0 bridgehead atoms. The zero-order valence-electron chi connectivity index (χ0n) is 10.2. The van der Waals surface area contributed by atoms with E-state index in [2.05, 4.69) is 26.2 Å². The molecule has 0 heterocycles. The van der Waals surface area contributed by atoms with Crippen LogP contribution in [0, 0.1) is 0 Å². The van der Waals surface area contributed by atoms with Crippen molar-refractivity contribution in [3.8, 4) is 0 Å². The molecule has 0 aliphatic rings. The number of rotatable bonds is 5. The summed E-state index contributed by atoms with van der Waals surface area (Å²) in [5.74, 6) is 0.154. The van der Waals surface area contributed by atoms with Crippen molar-refractivity contribution in [1.82, 2.24) is 0 Å². The minimum absolute atomic E-state index is 0.367. The van der Waals surface area contributed by atoms with Crippen LogP contribution < -0.4 is 0 Å². The second-order valence-electron chi connectivity index (χ2n) is 4.26. The van der Waals surface area contributed by atoms with Gasteiger partial charge in [0.25, 0.3) is 0 Å². The van der Waals surface area contributed by atoms with Crippen molar-refractivity contribution < 1.29 is 14.0 Å². The normalized spacial score (nSPS) is 12.2. The van der Waals surface area contributed by atoms with Crippen LogP contribution >= 0.6 is 0 Å². The van der Waals surface area contributed by atoms with Gasteiger partial charge in [-0.1, -0.05) is 6.58 Å². The van der Waals surface area contributed by atoms with Gasteiger partial charge in [-0.05, 0) is 39.1 Å². The summed E-state index contributed by atoms with van der Waals surface area (Å²) in [7, 11) is -1.71. The summed E-state index contributed by atoms with van der Waals surface area (Å²) in [5, 5.41) is 0. The van der Waals surface area contributed by atoms with E-state index in [1.165, 1.54) is 6.08 Å². The predicted octanol–water partition coefficient (Wildman–Crippen LogP) is 2.86. The molecule has 0 radical (unpaired) electrons. The number of ether oxygens (including phenoxy) is 1. The highest BCUT2D eigenvalue weighted by Gasteiger charge is 2.18. The number of allylic oxidation sites excluding steroid dienone is 1. The van der Waals surface area contributed by atoms with Crippen LogP contribution in [0.5, 0.6) is 0 Å². The third-order valence-electron chi connectivity index (χ3n) is 1.37. The van der Waals surface area contributed by atoms with Gasteiger partial charge < -0.3 is 9.16 Å². The Morgan fingerprint density at radius 1 is 1.40 bits per heavy atom. The van der Waals surface area contributed by atoms with Gasteiger partial charge in [0.05, 0.1) is 12.7 Å². The van der Waals surface area contributed by atoms with Crippen molar-refractivity contribution in [3.63, 3.8) is 0 Å². The largest absolute Gasteiger partial charge is 0.544 e. The monoisotopic (exact) mass is 228 g/mol. The number of carbonyl (C=O) groups is 1. The highest BCUT2D eigenvalue weighted by atomic mass is 28.4. The van der Waals surface area contributed by atoms with Gasteiger partial charge in [-0.25, -0.2) is 4.79 Å². The molecular formula is C11H20O3Si. The third kappa shape index (κ3) is 6.96. The minimum Gasteiger partial charge on any atom is -0.544 e. The Hall–Kier alpha value is -1.03. The Balaban J connectivity index is 4.67. The van der Waals surface area contributed by atoms with E-state index < -0.39 is 8.32 Å². The average molecular weight is 228 g/mol. The van der Waals surface area contributed by atoms with Crippen molar-refractivity contribution in [3.05, 3.63) is 24.0 Å². The average Bonchev–Trinajstić information content (AvgIpc) is 2.00. The first kappa shape index (κ1) is 14.0. The van der Waals surface area contributed by atoms with E-state index in [0.29, 0.717) is 12.4 Å². The minimum atomic E-state index is -1.71. The SMILES string of the molecule is C=C(C)/C(=C/C(=O)OCC)O[Si](C)(C)C. The van der Waals surface area contributed by atoms with Gasteiger partial charge in [0, 0.05) is 0 Å². The van der Waals surface area contributed by atoms with Gasteiger partial charge >= 0.3 is 5.97 Å². The fraction of sp³-hybridized carbons (Fsp3) is 0.545. The number of esters is 1. The van der Waals surface area contributed by atoms with Crippen molar-refractivity contribution in [1.29, 1.82) is 0 Å². The molecule has 0 fully saturated rings. The Kier molecular flexibility index (Phi) is 5.36. The fourth-order valence-corrected chi connectivity index (χ4v) is 1.75. The molecule has 3 nitrogen and oxygen atoms in total. The first-order valence-corrected chi connectivity index (χ1v) is 8.40. The molecule has 0 saturated heterocycles. The maximum absolute atomic E-state index is 11.2. The topological polar surface area (TPSA) is 35.5 Å². The van der Waals surface area contributed by atoms with Gasteiger partial charge in [-0.2, -0.15) is 0 Å². The molecule has 0 aliphatic heterocycles. The van der Waals surface area contributed by atoms with Crippen LogP contribution in [0.2, 0.25) is 19.6 Å². The molecule has 0 aromatic heterocycles. The lowest BCUT2D eigenvalue weighted by atomic mass is 10.3. The zero-order chi connectivity index (χ0) is 12.1. The summed E-state index contributed by atoms with van der Waals surface area (Å²) in [6, 6.07) is 0. The molecule has 0 spiro atoms. The standard InChI is InChI=1S/C11H20O3Si/c1-7-13-11(12)8-10(9(2)3)14-15(4,5)6/h8H,2,7H2,1,3-6H3/b10-8-. The Morgan fingerprint density at radius 3 is 2.27 bits per heavy atom. The van der Waals surface area contributed by atoms with E-state index >= 15 is 0 Å². The first-order chi connectivity index (χ1) is 6.76. The van der Waals surface area contributed by atoms with Gasteiger partial charge in [0.15, 0.2) is 0 Å². The highest BCUT2D eigenvalue weighted by molar-refractivity contribution is 6.70. The smallest absolute Gasteiger partial charge is 0.334 e. The van der Waals surface area contributed by atoms with Crippen molar-refractivity contribution >= 4 is 14.3 Å². The van der Waals surface area contributed by atoms with E-state index in [0.717, 1.165) is 5.57 Å². The van der Waals surface area contributed by atoms with Crippen LogP contribution in [-0.4, -0.2) is 20.9 Å². The van der Waals surface area contributed by atoms with Crippen LogP contribution in [0.1, 0.15) is 13.8 Å². The molecule has 0 aromatic carbocycles. The fourth-order valence-electron chi connectivity index (χ4n) is 0.861. The molecule has 15 heavy (non-hydrogen) atoms. The van der Waals surface area contributed by atoms with Crippen LogP contribution in [0.25, 0.3) is 0 Å². The number of carbonyl (C=O) groups excluding carboxylic acids is 1. The molecule has 86 valence electrons. The molecule has 0 N–H and O–H groups in total. The first-order valence-electron chi connectivity index (χ1n) is 4.99. The zero-order valence-corrected chi connectivity index (χ0v) is 11.2. The van der Waals surface area contributed by atoms with E-state index in [9.17, 15) is 4.79 Å². The molecule has 0 unspecified atom stereocenters. The lowest BCUT2D eigenvalue weighted by molar-refractivity contribution is -0.137. The van der Waals surface area contributed by atoms with Gasteiger partial charge in [0.1, 0.15) is 5.76 Å². The molecule has 0 aliphatic carbocycles. The molecule has 0 atom stereocenters. The van der Waals surface area contributed by atoms with Crippen LogP contribution in [0.3, 0.4) is 0 Å². The van der Waals surface area contributed by atoms with Crippen LogP contribution in [-0.2, 0) is 14.0 Å². The molecule has 0 saturated carbocycles. The molecule has 0 rings (SSSR count). The summed E-state index contributed by atoms with van der Waals surface area (Å²) >= 11 is 0. The van der Waals surface area contributed by atoms with Crippen LogP contribution in [0.4, 0.5) is 0 Å². The van der Waals surface area contributed by atoms with Gasteiger partial charge in [0.2, 0.25) is 8.32 Å². The molecule has 4 heteroatoms. The van der Waals surface area contributed by atoms with E-state index in [-0.39, 0.29) is 5.97 Å². The van der Waals surface area contributed by atoms with E-state index in [1.807, 2.05) is 6.92 Å². The number of hydrogen-bond acceptors (Lipinski definition) is 3. The Morgan fingerprint density at radius 2 is 1.93 bits per heavy atom. The maximum Gasteiger partial charge on any atom is 0.334 e. The second-order valence-corrected chi connectivity index (χ2v) is 8.68. The lowest BCUT2D eigenvalue weighted by Gasteiger charge is -2.21. The van der Waals surface area contributed by atoms with Crippen LogP contribution in [0.15, 0.2) is 24.0 Å². The highest BCUT2D eigenvalue weighted by Crippen LogP contribution is 2.16. The summed E-state index contributed by atoms with van der Waals surface area (Å²) in [6.07, 6.45) is 1.37. The summed E-state index contributed by atoms with van der Waals surface area (Å²) < 4.78 is 10.5. The number of hydrogen-bond donors (Lipinski definition) is 0. The van der Waals surface area contributed by atoms with E-state index in [4.69, 9.17) is 9.16 Å². The van der Waals surface area contributed by atoms with E-state index in [1.54, 1.807) is 6.92 Å². The molecule has 0 amide bonds. The Bertz CT molecular complexity index is 274. The predicted molar refractivity (Wildman–Crippen MR) is 64.0 cm³/mol.